The molecule has 1 N–H and O–H groups in total. The highest BCUT2D eigenvalue weighted by Gasteiger charge is 2.27. The molecule has 1 aliphatic carbocycles. The molecule has 0 atom stereocenters. The van der Waals surface area contributed by atoms with E-state index in [9.17, 15) is 0 Å². The summed E-state index contributed by atoms with van der Waals surface area (Å²) in [5.74, 6) is 0.691. The second-order valence-corrected chi connectivity index (χ2v) is 4.79. The van der Waals surface area contributed by atoms with E-state index in [1.54, 1.807) is 7.11 Å². The van der Waals surface area contributed by atoms with Gasteiger partial charge in [-0.15, -0.1) is 0 Å². The third-order valence-electron chi connectivity index (χ3n) is 3.39. The van der Waals surface area contributed by atoms with E-state index in [0.717, 1.165) is 12.2 Å². The summed E-state index contributed by atoms with van der Waals surface area (Å²) >= 11 is 0. The van der Waals surface area contributed by atoms with Crippen LogP contribution in [0, 0.1) is 0 Å². The number of rotatable bonds is 4. The largest absolute Gasteiger partial charge is 0.481 e. The van der Waals surface area contributed by atoms with Crippen LogP contribution in [0.5, 0.6) is 5.88 Å². The van der Waals surface area contributed by atoms with Crippen molar-refractivity contribution in [3.05, 3.63) is 23.9 Å². The number of ether oxygens (including phenoxy) is 1. The minimum absolute atomic E-state index is 0.310. The Labute approximate surface area is 97.2 Å². The average molecular weight is 220 g/mol. The Balaban J connectivity index is 1.93. The van der Waals surface area contributed by atoms with Crippen molar-refractivity contribution in [3.8, 4) is 5.88 Å². The molecule has 1 saturated carbocycles. The molecule has 1 aromatic rings. The Morgan fingerprint density at radius 3 is 2.81 bits per heavy atom. The molecule has 0 aliphatic heterocycles. The first kappa shape index (κ1) is 11.4. The highest BCUT2D eigenvalue weighted by atomic mass is 16.5. The summed E-state index contributed by atoms with van der Waals surface area (Å²) in [5.41, 5.74) is 1.36. The topological polar surface area (TPSA) is 34.1 Å². The first-order valence-electron chi connectivity index (χ1n) is 5.97. The fourth-order valence-corrected chi connectivity index (χ4v) is 2.31. The maximum atomic E-state index is 5.11. The van der Waals surface area contributed by atoms with Gasteiger partial charge in [0.25, 0.3) is 0 Å². The lowest BCUT2D eigenvalue weighted by atomic mass is 10.0. The van der Waals surface area contributed by atoms with Crippen LogP contribution in [-0.4, -0.2) is 17.6 Å². The average Bonchev–Trinajstić information content (AvgIpc) is 2.75. The van der Waals surface area contributed by atoms with Crippen molar-refractivity contribution in [1.29, 1.82) is 0 Å². The number of methoxy groups -OCH3 is 1. The number of aromatic nitrogens is 1. The van der Waals surface area contributed by atoms with E-state index in [0.29, 0.717) is 11.4 Å². The Hall–Kier alpha value is -1.09. The van der Waals surface area contributed by atoms with Crippen LogP contribution in [0.3, 0.4) is 0 Å². The van der Waals surface area contributed by atoms with Gasteiger partial charge in [-0.25, -0.2) is 4.98 Å². The van der Waals surface area contributed by atoms with Gasteiger partial charge in [0, 0.05) is 18.2 Å². The third kappa shape index (κ3) is 2.73. The first-order valence-corrected chi connectivity index (χ1v) is 5.97. The number of pyridine rings is 1. The van der Waals surface area contributed by atoms with Crippen LogP contribution in [-0.2, 0) is 6.54 Å². The van der Waals surface area contributed by atoms with Crippen LogP contribution in [0.2, 0.25) is 0 Å². The van der Waals surface area contributed by atoms with E-state index in [2.05, 4.69) is 17.2 Å². The van der Waals surface area contributed by atoms with E-state index in [1.165, 1.54) is 25.7 Å². The molecule has 3 heteroatoms. The fraction of sp³-hybridized carbons (Fsp3) is 0.615. The number of nitrogens with zero attached hydrogens (tertiary/aromatic N) is 1. The number of nitrogens with one attached hydrogen (secondary N) is 1. The second-order valence-electron chi connectivity index (χ2n) is 4.79. The highest BCUT2D eigenvalue weighted by molar-refractivity contribution is 5.15. The smallest absolute Gasteiger partial charge is 0.213 e. The van der Waals surface area contributed by atoms with Gasteiger partial charge in [-0.05, 0) is 25.8 Å². The molecule has 16 heavy (non-hydrogen) atoms. The molecule has 0 aromatic carbocycles. The van der Waals surface area contributed by atoms with Crippen molar-refractivity contribution in [2.24, 2.45) is 0 Å². The lowest BCUT2D eigenvalue weighted by Gasteiger charge is -2.25. The molecule has 0 saturated heterocycles. The van der Waals surface area contributed by atoms with Crippen molar-refractivity contribution in [3.63, 3.8) is 0 Å². The molecule has 0 amide bonds. The Kier molecular flexibility index (Phi) is 3.44. The molecular formula is C13H20N2O. The van der Waals surface area contributed by atoms with E-state index >= 15 is 0 Å². The van der Waals surface area contributed by atoms with Gasteiger partial charge in [-0.1, -0.05) is 18.9 Å². The molecule has 2 rings (SSSR count). The van der Waals surface area contributed by atoms with E-state index < -0.39 is 0 Å². The van der Waals surface area contributed by atoms with Gasteiger partial charge in [-0.2, -0.15) is 0 Å². The minimum atomic E-state index is 0.310. The third-order valence-corrected chi connectivity index (χ3v) is 3.39. The van der Waals surface area contributed by atoms with Crippen molar-refractivity contribution in [1.82, 2.24) is 10.3 Å². The zero-order chi connectivity index (χ0) is 11.4. The molecule has 1 aromatic heterocycles. The van der Waals surface area contributed by atoms with Gasteiger partial charge in [0.05, 0.1) is 12.8 Å². The predicted octanol–water partition coefficient (Wildman–Crippen LogP) is 2.51. The lowest BCUT2D eigenvalue weighted by molar-refractivity contribution is 0.357. The number of hydrogen-bond acceptors (Lipinski definition) is 3. The summed E-state index contributed by atoms with van der Waals surface area (Å²) < 4.78 is 5.11. The summed E-state index contributed by atoms with van der Waals surface area (Å²) in [5, 5.41) is 3.61. The highest BCUT2D eigenvalue weighted by Crippen LogP contribution is 2.29. The molecule has 0 unspecified atom stereocenters. The summed E-state index contributed by atoms with van der Waals surface area (Å²) in [4.78, 5) is 4.40. The van der Waals surface area contributed by atoms with Gasteiger partial charge in [0.15, 0.2) is 0 Å². The van der Waals surface area contributed by atoms with E-state index in [4.69, 9.17) is 4.74 Å². The number of hydrogen-bond donors (Lipinski definition) is 1. The zero-order valence-electron chi connectivity index (χ0n) is 10.1. The van der Waals surface area contributed by atoms with Crippen molar-refractivity contribution >= 4 is 0 Å². The van der Waals surface area contributed by atoms with Crippen LogP contribution in [0.25, 0.3) is 0 Å². The normalized spacial score (nSPS) is 18.6. The summed E-state index contributed by atoms with van der Waals surface area (Å²) in [6.45, 7) is 3.13. The van der Waals surface area contributed by atoms with Gasteiger partial charge in [0.1, 0.15) is 0 Å². The van der Waals surface area contributed by atoms with Crippen molar-refractivity contribution < 1.29 is 4.74 Å². The van der Waals surface area contributed by atoms with Crippen LogP contribution in [0.4, 0.5) is 0 Å². The van der Waals surface area contributed by atoms with Crippen LogP contribution >= 0.6 is 0 Å². The summed E-state index contributed by atoms with van der Waals surface area (Å²) in [6.07, 6.45) is 5.23. The van der Waals surface area contributed by atoms with E-state index in [-0.39, 0.29) is 0 Å². The van der Waals surface area contributed by atoms with Gasteiger partial charge in [-0.3, -0.25) is 0 Å². The Morgan fingerprint density at radius 1 is 1.38 bits per heavy atom. The minimum Gasteiger partial charge on any atom is -0.481 e. The molecule has 0 radical (unpaired) electrons. The molecule has 1 fully saturated rings. The lowest BCUT2D eigenvalue weighted by Crippen LogP contribution is -2.38. The molecule has 1 aliphatic rings. The first-order chi connectivity index (χ1) is 7.72. The predicted molar refractivity (Wildman–Crippen MR) is 64.5 cm³/mol. The van der Waals surface area contributed by atoms with Crippen molar-refractivity contribution in [2.75, 3.05) is 7.11 Å². The maximum absolute atomic E-state index is 5.11. The molecular weight excluding hydrogens is 200 g/mol. The molecule has 3 nitrogen and oxygen atoms in total. The van der Waals surface area contributed by atoms with Gasteiger partial charge < -0.3 is 10.1 Å². The monoisotopic (exact) mass is 220 g/mol. The molecule has 0 spiro atoms. The van der Waals surface area contributed by atoms with Crippen LogP contribution in [0.1, 0.15) is 38.3 Å². The SMILES string of the molecule is COc1cccc(CNC2(C)CCCC2)n1. The fourth-order valence-electron chi connectivity index (χ4n) is 2.31. The Morgan fingerprint density at radius 2 is 2.12 bits per heavy atom. The summed E-state index contributed by atoms with van der Waals surface area (Å²) in [7, 11) is 1.65. The van der Waals surface area contributed by atoms with Crippen molar-refractivity contribution in [2.45, 2.75) is 44.7 Å². The van der Waals surface area contributed by atoms with Crippen LogP contribution in [0.15, 0.2) is 18.2 Å². The van der Waals surface area contributed by atoms with Gasteiger partial charge >= 0.3 is 0 Å². The quantitative estimate of drug-likeness (QED) is 0.846. The summed E-state index contributed by atoms with van der Waals surface area (Å²) in [6, 6.07) is 5.90. The molecule has 1 heterocycles. The van der Waals surface area contributed by atoms with Gasteiger partial charge in [0.2, 0.25) is 5.88 Å². The second kappa shape index (κ2) is 4.83. The maximum Gasteiger partial charge on any atom is 0.213 e. The van der Waals surface area contributed by atoms with Crippen LogP contribution < -0.4 is 10.1 Å². The molecule has 0 bridgehead atoms. The zero-order valence-corrected chi connectivity index (χ0v) is 10.1. The molecule has 88 valence electrons. The standard InChI is InChI=1S/C13H20N2O/c1-13(8-3-4-9-13)14-10-11-6-5-7-12(15-11)16-2/h5-7,14H,3-4,8-10H2,1-2H3. The van der Waals surface area contributed by atoms with E-state index in [1.807, 2.05) is 18.2 Å². The Bertz CT molecular complexity index is 346.